The number of aliphatic hydroxyl groups excluding tert-OH is 1. The first kappa shape index (κ1) is 22.2. The summed E-state index contributed by atoms with van der Waals surface area (Å²) < 4.78 is 64.7. The van der Waals surface area contributed by atoms with Crippen LogP contribution in [0.15, 0.2) is 46.1 Å². The third-order valence-corrected chi connectivity index (χ3v) is 7.09. The van der Waals surface area contributed by atoms with Gasteiger partial charge < -0.3 is 14.4 Å². The van der Waals surface area contributed by atoms with E-state index in [-0.39, 0.29) is 6.61 Å². The molecule has 3 heterocycles. The van der Waals surface area contributed by atoms with Gasteiger partial charge in [-0.15, -0.1) is 0 Å². The summed E-state index contributed by atoms with van der Waals surface area (Å²) >= 11 is 5.20. The fourth-order valence-electron chi connectivity index (χ4n) is 3.24. The first-order chi connectivity index (χ1) is 14.7. The Hall–Kier alpha value is -2.02. The number of aromatic nitrogens is 2. The van der Waals surface area contributed by atoms with Crippen molar-refractivity contribution in [1.82, 2.24) is 9.55 Å². The Morgan fingerprint density at radius 2 is 2.10 bits per heavy atom. The van der Waals surface area contributed by atoms with Gasteiger partial charge in [-0.1, -0.05) is 18.2 Å². The predicted molar refractivity (Wildman–Crippen MR) is 103 cm³/mol. The highest BCUT2D eigenvalue weighted by Gasteiger charge is 2.62. The normalized spacial score (nSPS) is 32.6. The Balaban J connectivity index is 1.58. The van der Waals surface area contributed by atoms with Gasteiger partial charge in [0.15, 0.2) is 18.0 Å². The maximum Gasteiger partial charge on any atom is 0.381 e. The fourth-order valence-corrected chi connectivity index (χ4v) is 5.05. The van der Waals surface area contributed by atoms with Crippen LogP contribution in [0.1, 0.15) is 11.8 Å². The molecule has 2 N–H and O–H groups in total. The number of hydrogen-bond acceptors (Lipinski definition) is 8. The zero-order valence-corrected chi connectivity index (χ0v) is 17.2. The van der Waals surface area contributed by atoms with E-state index in [4.69, 9.17) is 30.1 Å². The SMILES string of the molecule is O=c1ccn([C@@H]2O[C@@](COP3(=S)OCc4ccccc4O3)(C(F)F)[C@@H](O)[C@@H]2F)c(=O)[nH]1. The summed E-state index contributed by atoms with van der Waals surface area (Å²) in [5.74, 6) is 0.358. The van der Waals surface area contributed by atoms with Crippen molar-refractivity contribution in [2.75, 3.05) is 6.61 Å². The molecule has 0 spiro atoms. The van der Waals surface area contributed by atoms with E-state index >= 15 is 0 Å². The lowest BCUT2D eigenvalue weighted by atomic mass is 9.97. The monoisotopic (exact) mass is 480 g/mol. The van der Waals surface area contributed by atoms with E-state index in [1.807, 2.05) is 4.98 Å². The van der Waals surface area contributed by atoms with Gasteiger partial charge in [-0.3, -0.25) is 23.4 Å². The summed E-state index contributed by atoms with van der Waals surface area (Å²) in [5, 5.41) is 10.3. The molecule has 0 saturated carbocycles. The van der Waals surface area contributed by atoms with Crippen LogP contribution in [0.5, 0.6) is 5.75 Å². The van der Waals surface area contributed by atoms with E-state index in [9.17, 15) is 27.9 Å². The van der Waals surface area contributed by atoms with Gasteiger partial charge in [0.25, 0.3) is 12.0 Å². The Morgan fingerprint density at radius 1 is 1.35 bits per heavy atom. The molecule has 9 nitrogen and oxygen atoms in total. The number of halogens is 3. The molecule has 2 aliphatic heterocycles. The van der Waals surface area contributed by atoms with Crippen molar-refractivity contribution in [3.05, 3.63) is 62.9 Å². The number of para-hydroxylation sites is 1. The first-order valence-electron chi connectivity index (χ1n) is 8.91. The third-order valence-electron chi connectivity index (χ3n) is 4.92. The summed E-state index contributed by atoms with van der Waals surface area (Å²) in [5.41, 5.74) is -4.06. The third kappa shape index (κ3) is 3.97. The van der Waals surface area contributed by atoms with Crippen LogP contribution in [0.4, 0.5) is 13.2 Å². The van der Waals surface area contributed by atoms with Gasteiger partial charge in [0.05, 0.1) is 13.2 Å². The molecule has 168 valence electrons. The van der Waals surface area contributed by atoms with Crippen LogP contribution in [-0.2, 0) is 32.2 Å². The second-order valence-corrected chi connectivity index (χ2v) is 9.80. The molecule has 1 unspecified atom stereocenters. The first-order valence-corrected chi connectivity index (χ1v) is 11.5. The van der Waals surface area contributed by atoms with Crippen molar-refractivity contribution >= 4 is 18.5 Å². The predicted octanol–water partition coefficient (Wildman–Crippen LogP) is 1.62. The number of H-pyrrole nitrogens is 1. The standard InChI is InChI=1S/C17H16F3N2O7PS/c18-12-13(24)17(15(19)20,28-14(12)22-6-5-11(23)21-16(22)25)8-27-30(31)26-7-9-3-1-2-4-10(9)29-30/h1-6,12-15,24H,7-8H2,(H,21,23,25)/t12-,13-,14+,17+,30?/m0/s1. The van der Waals surface area contributed by atoms with E-state index < -0.39 is 55.1 Å². The topological polar surface area (TPSA) is 112 Å². The number of hydrogen-bond donors (Lipinski definition) is 2. The zero-order chi connectivity index (χ0) is 22.4. The van der Waals surface area contributed by atoms with Crippen LogP contribution in [0, 0.1) is 0 Å². The number of ether oxygens (including phenoxy) is 1. The molecule has 2 aliphatic rings. The lowest BCUT2D eigenvalue weighted by Crippen LogP contribution is -2.52. The van der Waals surface area contributed by atoms with Gasteiger partial charge in [-0.2, -0.15) is 0 Å². The van der Waals surface area contributed by atoms with Gasteiger partial charge in [-0.25, -0.2) is 18.0 Å². The van der Waals surface area contributed by atoms with Gasteiger partial charge in [0.2, 0.25) is 0 Å². The minimum atomic E-state index is -3.56. The van der Waals surface area contributed by atoms with Crippen LogP contribution in [0.25, 0.3) is 0 Å². The van der Waals surface area contributed by atoms with Crippen molar-refractivity contribution in [2.45, 2.75) is 37.1 Å². The van der Waals surface area contributed by atoms with Gasteiger partial charge in [0.1, 0.15) is 11.9 Å². The summed E-state index contributed by atoms with van der Waals surface area (Å²) in [7, 11) is 0. The van der Waals surface area contributed by atoms with E-state index in [1.165, 1.54) is 0 Å². The summed E-state index contributed by atoms with van der Waals surface area (Å²) in [4.78, 5) is 25.0. The van der Waals surface area contributed by atoms with E-state index in [2.05, 4.69) is 0 Å². The molecule has 2 aromatic rings. The summed E-state index contributed by atoms with van der Waals surface area (Å²) in [6.45, 7) is -4.62. The molecule has 31 heavy (non-hydrogen) atoms. The largest absolute Gasteiger partial charge is 0.424 e. The van der Waals surface area contributed by atoms with E-state index in [1.54, 1.807) is 24.3 Å². The lowest BCUT2D eigenvalue weighted by Gasteiger charge is -2.34. The van der Waals surface area contributed by atoms with Gasteiger partial charge in [-0.05, 0) is 6.07 Å². The lowest BCUT2D eigenvalue weighted by molar-refractivity contribution is -0.193. The molecule has 1 aromatic heterocycles. The van der Waals surface area contributed by atoms with E-state index in [0.29, 0.717) is 15.9 Å². The molecular weight excluding hydrogens is 464 g/mol. The average Bonchev–Trinajstić information content (AvgIpc) is 2.98. The zero-order valence-electron chi connectivity index (χ0n) is 15.5. The Bertz CT molecular complexity index is 1140. The molecule has 1 aromatic carbocycles. The van der Waals surface area contributed by atoms with Crippen molar-refractivity contribution in [3.63, 3.8) is 0 Å². The van der Waals surface area contributed by atoms with Crippen molar-refractivity contribution in [2.24, 2.45) is 0 Å². The summed E-state index contributed by atoms with van der Waals surface area (Å²) in [6, 6.07) is 7.62. The van der Waals surface area contributed by atoms with E-state index in [0.717, 1.165) is 12.3 Å². The second-order valence-electron chi connectivity index (χ2n) is 6.86. The number of aliphatic hydroxyl groups is 1. The number of aromatic amines is 1. The molecule has 0 radical (unpaired) electrons. The van der Waals surface area contributed by atoms with Gasteiger partial charge >= 0.3 is 12.4 Å². The van der Waals surface area contributed by atoms with Crippen molar-refractivity contribution < 1.29 is 36.6 Å². The molecule has 0 aliphatic carbocycles. The van der Waals surface area contributed by atoms with Crippen molar-refractivity contribution in [3.8, 4) is 5.75 Å². The molecule has 1 saturated heterocycles. The maximum absolute atomic E-state index is 14.8. The molecular formula is C17H16F3N2O7PS. The van der Waals surface area contributed by atoms with Crippen LogP contribution in [0.2, 0.25) is 0 Å². The van der Waals surface area contributed by atoms with Crippen LogP contribution in [0.3, 0.4) is 0 Å². The molecule has 0 bridgehead atoms. The highest BCUT2D eigenvalue weighted by atomic mass is 32.5. The second kappa shape index (κ2) is 8.15. The van der Waals surface area contributed by atoms with Crippen molar-refractivity contribution in [1.29, 1.82) is 0 Å². The Morgan fingerprint density at radius 3 is 2.81 bits per heavy atom. The minimum Gasteiger partial charge on any atom is -0.424 e. The van der Waals surface area contributed by atoms with Crippen LogP contribution in [-0.4, -0.2) is 45.6 Å². The number of benzene rings is 1. The smallest absolute Gasteiger partial charge is 0.381 e. The van der Waals surface area contributed by atoms with Gasteiger partial charge in [0, 0.05) is 29.6 Å². The highest BCUT2D eigenvalue weighted by molar-refractivity contribution is 8.07. The molecule has 0 amide bonds. The molecule has 5 atom stereocenters. The number of nitrogens with one attached hydrogen (secondary N) is 1. The number of nitrogens with zero attached hydrogens (tertiary/aromatic N) is 1. The maximum atomic E-state index is 14.8. The molecule has 4 rings (SSSR count). The summed E-state index contributed by atoms with van der Waals surface area (Å²) in [6.07, 6.45) is -9.31. The quantitative estimate of drug-likeness (QED) is 0.622. The number of alkyl halides is 3. The fraction of sp³-hybridized carbons (Fsp3) is 0.412. The Kier molecular flexibility index (Phi) is 5.83. The molecule has 14 heteroatoms. The average molecular weight is 480 g/mol. The number of fused-ring (bicyclic) bond motifs is 1. The highest BCUT2D eigenvalue weighted by Crippen LogP contribution is 2.56. The minimum absolute atomic E-state index is 0.0136. The number of rotatable bonds is 5. The van der Waals surface area contributed by atoms with Crippen LogP contribution >= 0.6 is 6.72 Å². The van der Waals surface area contributed by atoms with Crippen LogP contribution < -0.4 is 15.8 Å². The Labute approximate surface area is 177 Å². The molecule has 1 fully saturated rings.